The molecule has 1 aliphatic rings. The average Bonchev–Trinajstić information content (AvgIpc) is 2.61. The topological polar surface area (TPSA) is 51.2 Å². The van der Waals surface area contributed by atoms with E-state index < -0.39 is 0 Å². The second kappa shape index (κ2) is 9.27. The molecule has 0 aliphatic carbocycles. The van der Waals surface area contributed by atoms with Crippen molar-refractivity contribution < 1.29 is 4.79 Å². The van der Waals surface area contributed by atoms with Crippen molar-refractivity contribution in [3.05, 3.63) is 42.0 Å². The van der Waals surface area contributed by atoms with Crippen LogP contribution in [0.15, 0.2) is 41.4 Å². The van der Waals surface area contributed by atoms with Crippen LogP contribution in [0.4, 0.5) is 5.69 Å². The molecule has 2 rings (SSSR count). The van der Waals surface area contributed by atoms with Crippen molar-refractivity contribution in [1.29, 1.82) is 0 Å². The lowest BCUT2D eigenvalue weighted by Crippen LogP contribution is -2.53. The van der Waals surface area contributed by atoms with E-state index >= 15 is 0 Å². The minimum Gasteiger partial charge on any atom is -0.368 e. The predicted octanol–water partition coefficient (Wildman–Crippen LogP) is 1.73. The van der Waals surface area contributed by atoms with Crippen LogP contribution < -0.4 is 10.2 Å². The number of anilines is 1. The summed E-state index contributed by atoms with van der Waals surface area (Å²) in [7, 11) is 3.50. The van der Waals surface area contributed by atoms with Crippen LogP contribution in [-0.2, 0) is 4.79 Å². The Bertz CT molecular complexity index is 660. The van der Waals surface area contributed by atoms with Gasteiger partial charge in [0.1, 0.15) is 6.54 Å². The summed E-state index contributed by atoms with van der Waals surface area (Å²) in [6, 6.07) is 8.60. The van der Waals surface area contributed by atoms with Crippen LogP contribution >= 0.6 is 0 Å². The van der Waals surface area contributed by atoms with Gasteiger partial charge in [0, 0.05) is 52.5 Å². The maximum atomic E-state index is 11.9. The number of rotatable bonds is 5. The fourth-order valence-electron chi connectivity index (χ4n) is 2.78. The summed E-state index contributed by atoms with van der Waals surface area (Å²) in [4.78, 5) is 22.6. The standard InChI is InChI=1S/C20H31N5O/c1-16(2)14-21-20(22-15-19(26)23(4)5)25-11-9-24(10-12-25)18-8-6-7-17(3)13-18/h6-8,13H,1,9-12,14-15H2,2-5H3,(H,21,22). The second-order valence-corrected chi connectivity index (χ2v) is 7.05. The van der Waals surface area contributed by atoms with Crippen molar-refractivity contribution in [3.8, 4) is 0 Å². The number of carbonyl (C=O) groups excluding carboxylic acids is 1. The van der Waals surface area contributed by atoms with Crippen molar-refractivity contribution in [2.24, 2.45) is 4.99 Å². The third kappa shape index (κ3) is 5.79. The zero-order valence-corrected chi connectivity index (χ0v) is 16.5. The molecule has 1 amide bonds. The third-order valence-electron chi connectivity index (χ3n) is 4.36. The fraction of sp³-hybridized carbons (Fsp3) is 0.500. The SMILES string of the molecule is C=C(C)CNC(=NCC(=O)N(C)C)N1CCN(c2cccc(C)c2)CC1. The molecule has 0 spiro atoms. The van der Waals surface area contributed by atoms with Gasteiger partial charge in [-0.2, -0.15) is 0 Å². The Morgan fingerprint density at radius 1 is 1.27 bits per heavy atom. The van der Waals surface area contributed by atoms with E-state index in [1.807, 2.05) is 6.92 Å². The molecule has 0 radical (unpaired) electrons. The van der Waals surface area contributed by atoms with Gasteiger partial charge in [0.25, 0.3) is 0 Å². The zero-order valence-electron chi connectivity index (χ0n) is 16.5. The second-order valence-electron chi connectivity index (χ2n) is 7.05. The number of aryl methyl sites for hydroxylation is 1. The van der Waals surface area contributed by atoms with Gasteiger partial charge >= 0.3 is 0 Å². The lowest BCUT2D eigenvalue weighted by Gasteiger charge is -2.38. The highest BCUT2D eigenvalue weighted by atomic mass is 16.2. The number of likely N-dealkylation sites (N-methyl/N-ethyl adjacent to an activating group) is 1. The monoisotopic (exact) mass is 357 g/mol. The van der Waals surface area contributed by atoms with Crippen LogP contribution in [0, 0.1) is 6.92 Å². The molecule has 1 N–H and O–H groups in total. The maximum absolute atomic E-state index is 11.9. The molecule has 1 aromatic rings. The molecule has 0 atom stereocenters. The lowest BCUT2D eigenvalue weighted by molar-refractivity contribution is -0.127. The van der Waals surface area contributed by atoms with Crippen LogP contribution in [0.2, 0.25) is 0 Å². The van der Waals surface area contributed by atoms with E-state index in [1.165, 1.54) is 11.3 Å². The van der Waals surface area contributed by atoms with E-state index in [0.717, 1.165) is 37.7 Å². The largest absolute Gasteiger partial charge is 0.368 e. The zero-order chi connectivity index (χ0) is 19.1. The van der Waals surface area contributed by atoms with E-state index in [-0.39, 0.29) is 12.5 Å². The number of nitrogens with zero attached hydrogens (tertiary/aromatic N) is 4. The molecule has 1 aromatic carbocycles. The number of nitrogens with one attached hydrogen (secondary N) is 1. The summed E-state index contributed by atoms with van der Waals surface area (Å²) in [6.07, 6.45) is 0. The molecule has 6 heteroatoms. The first-order valence-corrected chi connectivity index (χ1v) is 9.06. The molecule has 0 saturated carbocycles. The summed E-state index contributed by atoms with van der Waals surface area (Å²) < 4.78 is 0. The molecule has 0 aromatic heterocycles. The number of hydrogen-bond donors (Lipinski definition) is 1. The van der Waals surface area contributed by atoms with Gasteiger partial charge in [-0.05, 0) is 31.5 Å². The molecule has 1 heterocycles. The van der Waals surface area contributed by atoms with Crippen LogP contribution in [-0.4, -0.2) is 75.0 Å². The molecule has 0 bridgehead atoms. The number of benzene rings is 1. The highest BCUT2D eigenvalue weighted by molar-refractivity contribution is 5.85. The summed E-state index contributed by atoms with van der Waals surface area (Å²) >= 11 is 0. The smallest absolute Gasteiger partial charge is 0.243 e. The number of hydrogen-bond acceptors (Lipinski definition) is 3. The minimum absolute atomic E-state index is 0.00183. The van der Waals surface area contributed by atoms with Gasteiger partial charge in [-0.25, -0.2) is 4.99 Å². The Morgan fingerprint density at radius 2 is 1.96 bits per heavy atom. The highest BCUT2D eigenvalue weighted by Gasteiger charge is 2.20. The molecule has 1 aliphatic heterocycles. The highest BCUT2D eigenvalue weighted by Crippen LogP contribution is 2.17. The number of aliphatic imine (C=N–C) groups is 1. The number of amides is 1. The van der Waals surface area contributed by atoms with Crippen molar-refractivity contribution in [2.45, 2.75) is 13.8 Å². The van der Waals surface area contributed by atoms with E-state index in [0.29, 0.717) is 6.54 Å². The maximum Gasteiger partial charge on any atom is 0.243 e. The minimum atomic E-state index is -0.00183. The van der Waals surface area contributed by atoms with Gasteiger partial charge in [0.05, 0.1) is 0 Å². The van der Waals surface area contributed by atoms with E-state index in [9.17, 15) is 4.79 Å². The molecule has 0 unspecified atom stereocenters. The Kier molecular flexibility index (Phi) is 7.06. The molecule has 26 heavy (non-hydrogen) atoms. The quantitative estimate of drug-likeness (QED) is 0.495. The average molecular weight is 358 g/mol. The van der Waals surface area contributed by atoms with Crippen molar-refractivity contribution in [1.82, 2.24) is 15.1 Å². The molecular formula is C20H31N5O. The normalized spacial score (nSPS) is 15.0. The fourth-order valence-corrected chi connectivity index (χ4v) is 2.78. The first-order valence-electron chi connectivity index (χ1n) is 9.06. The van der Waals surface area contributed by atoms with Gasteiger partial charge in [0.15, 0.2) is 5.96 Å². The van der Waals surface area contributed by atoms with E-state index in [2.05, 4.69) is 57.9 Å². The number of piperazine rings is 1. The molecular weight excluding hydrogens is 326 g/mol. The molecule has 142 valence electrons. The van der Waals surface area contributed by atoms with Crippen LogP contribution in [0.25, 0.3) is 0 Å². The van der Waals surface area contributed by atoms with Gasteiger partial charge < -0.3 is 20.0 Å². The summed E-state index contributed by atoms with van der Waals surface area (Å²) in [6.45, 7) is 12.4. The number of guanidine groups is 1. The van der Waals surface area contributed by atoms with Crippen molar-refractivity contribution >= 4 is 17.6 Å². The summed E-state index contributed by atoms with van der Waals surface area (Å²) in [5.41, 5.74) is 3.58. The van der Waals surface area contributed by atoms with E-state index in [4.69, 9.17) is 0 Å². The van der Waals surface area contributed by atoms with Gasteiger partial charge in [-0.15, -0.1) is 0 Å². The molecule has 1 saturated heterocycles. The van der Waals surface area contributed by atoms with Crippen LogP contribution in [0.3, 0.4) is 0 Å². The predicted molar refractivity (Wildman–Crippen MR) is 109 cm³/mol. The van der Waals surface area contributed by atoms with Gasteiger partial charge in [-0.3, -0.25) is 4.79 Å². The Morgan fingerprint density at radius 3 is 2.54 bits per heavy atom. The van der Waals surface area contributed by atoms with Crippen molar-refractivity contribution in [2.75, 3.05) is 58.3 Å². The summed E-state index contributed by atoms with van der Waals surface area (Å²) in [5, 5.41) is 3.33. The first-order chi connectivity index (χ1) is 12.4. The summed E-state index contributed by atoms with van der Waals surface area (Å²) in [5.74, 6) is 0.783. The third-order valence-corrected chi connectivity index (χ3v) is 4.36. The Balaban J connectivity index is 2.01. The molecule has 1 fully saturated rings. The van der Waals surface area contributed by atoms with Crippen LogP contribution in [0.5, 0.6) is 0 Å². The first kappa shape index (κ1) is 19.8. The van der Waals surface area contributed by atoms with Gasteiger partial charge in [-0.1, -0.05) is 24.3 Å². The van der Waals surface area contributed by atoms with Crippen LogP contribution in [0.1, 0.15) is 12.5 Å². The Hall–Kier alpha value is -2.50. The Labute approximate surface area is 157 Å². The lowest BCUT2D eigenvalue weighted by atomic mass is 10.2. The molecule has 6 nitrogen and oxygen atoms in total. The number of carbonyl (C=O) groups is 1. The van der Waals surface area contributed by atoms with Crippen molar-refractivity contribution in [3.63, 3.8) is 0 Å². The van der Waals surface area contributed by atoms with E-state index in [1.54, 1.807) is 19.0 Å². The van der Waals surface area contributed by atoms with Gasteiger partial charge in [0.2, 0.25) is 5.91 Å².